The quantitative estimate of drug-likeness (QED) is 0.270. The van der Waals surface area contributed by atoms with Gasteiger partial charge < -0.3 is 5.73 Å². The molecule has 0 aromatic carbocycles. The second-order valence-corrected chi connectivity index (χ2v) is 7.47. The number of nitrogens with zero attached hydrogens (tertiary/aromatic N) is 2. The Morgan fingerprint density at radius 1 is 0.920 bits per heavy atom. The number of nitrogens with two attached hydrogens (primary N) is 1. The van der Waals surface area contributed by atoms with Gasteiger partial charge in [0.1, 0.15) is 6.17 Å². The smallest absolute Gasteiger partial charge is 0.102 e. The SMILES string of the molecule is CCCCCCCCCCC/C=C/CCCCC1N=CCN1CCN. The fourth-order valence-electron chi connectivity index (χ4n) is 3.55. The van der Waals surface area contributed by atoms with Crippen molar-refractivity contribution in [2.24, 2.45) is 10.7 Å². The van der Waals surface area contributed by atoms with Crippen molar-refractivity contribution >= 4 is 6.21 Å². The second-order valence-electron chi connectivity index (χ2n) is 7.47. The van der Waals surface area contributed by atoms with Crippen LogP contribution in [-0.2, 0) is 0 Å². The highest BCUT2D eigenvalue weighted by Gasteiger charge is 2.18. The van der Waals surface area contributed by atoms with Crippen LogP contribution in [0.3, 0.4) is 0 Å². The summed E-state index contributed by atoms with van der Waals surface area (Å²) in [4.78, 5) is 6.96. The van der Waals surface area contributed by atoms with Gasteiger partial charge >= 0.3 is 0 Å². The van der Waals surface area contributed by atoms with Gasteiger partial charge in [0.15, 0.2) is 0 Å². The van der Waals surface area contributed by atoms with E-state index in [0.717, 1.165) is 19.6 Å². The molecule has 25 heavy (non-hydrogen) atoms. The Bertz CT molecular complexity index is 338. The fraction of sp³-hybridized carbons (Fsp3) is 0.864. The number of rotatable bonds is 17. The van der Waals surface area contributed by atoms with Crippen LogP contribution in [-0.4, -0.2) is 36.9 Å². The summed E-state index contributed by atoms with van der Waals surface area (Å²) in [5, 5.41) is 0. The lowest BCUT2D eigenvalue weighted by Gasteiger charge is -2.21. The van der Waals surface area contributed by atoms with Gasteiger partial charge in [-0.2, -0.15) is 0 Å². The summed E-state index contributed by atoms with van der Waals surface area (Å²) in [5.41, 5.74) is 5.65. The summed E-state index contributed by atoms with van der Waals surface area (Å²) >= 11 is 0. The van der Waals surface area contributed by atoms with E-state index in [0.29, 0.717) is 6.17 Å². The van der Waals surface area contributed by atoms with Gasteiger partial charge in [0.2, 0.25) is 0 Å². The van der Waals surface area contributed by atoms with Gasteiger partial charge in [-0.15, -0.1) is 0 Å². The van der Waals surface area contributed by atoms with Gasteiger partial charge in [-0.05, 0) is 38.5 Å². The maximum atomic E-state index is 5.65. The molecular weight excluding hydrogens is 306 g/mol. The monoisotopic (exact) mass is 349 g/mol. The number of hydrogen-bond donors (Lipinski definition) is 1. The van der Waals surface area contributed by atoms with Crippen LogP contribution in [0.2, 0.25) is 0 Å². The van der Waals surface area contributed by atoms with E-state index in [4.69, 9.17) is 5.73 Å². The third-order valence-corrected chi connectivity index (χ3v) is 5.16. The van der Waals surface area contributed by atoms with Gasteiger partial charge in [-0.3, -0.25) is 9.89 Å². The molecular formula is C22H43N3. The first-order valence-electron chi connectivity index (χ1n) is 11.0. The predicted molar refractivity (Wildman–Crippen MR) is 112 cm³/mol. The van der Waals surface area contributed by atoms with E-state index < -0.39 is 0 Å². The third-order valence-electron chi connectivity index (χ3n) is 5.16. The Morgan fingerprint density at radius 3 is 2.16 bits per heavy atom. The van der Waals surface area contributed by atoms with Gasteiger partial charge in [0.05, 0.1) is 0 Å². The zero-order valence-corrected chi connectivity index (χ0v) is 16.8. The van der Waals surface area contributed by atoms with Crippen LogP contribution < -0.4 is 5.73 Å². The Hall–Kier alpha value is -0.670. The average molecular weight is 350 g/mol. The molecule has 0 aromatic rings. The van der Waals surface area contributed by atoms with E-state index in [-0.39, 0.29) is 0 Å². The van der Waals surface area contributed by atoms with Crippen molar-refractivity contribution < 1.29 is 0 Å². The Balaban J connectivity index is 1.82. The van der Waals surface area contributed by atoms with Gasteiger partial charge in [-0.25, -0.2) is 0 Å². The molecule has 1 atom stereocenters. The molecule has 3 nitrogen and oxygen atoms in total. The van der Waals surface area contributed by atoms with E-state index in [1.54, 1.807) is 0 Å². The third kappa shape index (κ3) is 12.3. The molecule has 146 valence electrons. The molecule has 0 aliphatic carbocycles. The maximum Gasteiger partial charge on any atom is 0.102 e. The second kappa shape index (κ2) is 16.8. The molecule has 1 aliphatic heterocycles. The van der Waals surface area contributed by atoms with Crippen LogP contribution in [0.1, 0.15) is 96.8 Å². The normalized spacial score (nSPS) is 17.9. The van der Waals surface area contributed by atoms with Crippen LogP contribution in [0.5, 0.6) is 0 Å². The molecule has 0 fully saturated rings. The predicted octanol–water partition coefficient (Wildman–Crippen LogP) is 5.70. The lowest BCUT2D eigenvalue weighted by Crippen LogP contribution is -2.34. The lowest BCUT2D eigenvalue weighted by molar-refractivity contribution is 0.242. The summed E-state index contributed by atoms with van der Waals surface area (Å²) in [6, 6.07) is 0. The molecule has 1 unspecified atom stereocenters. The van der Waals surface area contributed by atoms with Crippen LogP contribution >= 0.6 is 0 Å². The molecule has 0 aromatic heterocycles. The average Bonchev–Trinajstić information content (AvgIpc) is 3.06. The fourth-order valence-corrected chi connectivity index (χ4v) is 3.55. The van der Waals surface area contributed by atoms with E-state index in [9.17, 15) is 0 Å². The number of unbranched alkanes of at least 4 members (excludes halogenated alkanes) is 11. The summed E-state index contributed by atoms with van der Waals surface area (Å²) in [5.74, 6) is 0. The molecule has 0 spiro atoms. The largest absolute Gasteiger partial charge is 0.329 e. The highest BCUT2D eigenvalue weighted by atomic mass is 15.3. The Labute approximate surface area is 157 Å². The minimum absolute atomic E-state index is 0.398. The molecule has 1 heterocycles. The number of allylic oxidation sites excluding steroid dienone is 2. The van der Waals surface area contributed by atoms with E-state index >= 15 is 0 Å². The van der Waals surface area contributed by atoms with E-state index in [1.807, 2.05) is 6.21 Å². The first-order chi connectivity index (χ1) is 12.4. The molecule has 3 heteroatoms. The lowest BCUT2D eigenvalue weighted by atomic mass is 10.1. The standard InChI is InChI=1S/C22H43N3/c1-2-3-4-5-6-7-8-9-10-11-12-13-14-15-16-17-22-24-19-21-25(22)20-18-23/h12-13,19,22H,2-11,14-18,20-21,23H2,1H3/b13-12+. The molecule has 1 aliphatic rings. The van der Waals surface area contributed by atoms with Gasteiger partial charge in [-0.1, -0.05) is 70.4 Å². The van der Waals surface area contributed by atoms with Crippen molar-refractivity contribution in [3.05, 3.63) is 12.2 Å². The van der Waals surface area contributed by atoms with E-state index in [2.05, 4.69) is 29.0 Å². The van der Waals surface area contributed by atoms with Crippen molar-refractivity contribution in [2.45, 2.75) is 103 Å². The molecule has 0 amide bonds. The van der Waals surface area contributed by atoms with Crippen LogP contribution in [0.15, 0.2) is 17.1 Å². The molecule has 2 N–H and O–H groups in total. The van der Waals surface area contributed by atoms with Crippen LogP contribution in [0.25, 0.3) is 0 Å². The number of hydrogen-bond acceptors (Lipinski definition) is 3. The zero-order valence-electron chi connectivity index (χ0n) is 16.8. The summed E-state index contributed by atoms with van der Waals surface area (Å²) in [6.45, 7) is 4.99. The summed E-state index contributed by atoms with van der Waals surface area (Å²) in [6.07, 6.45) is 26.2. The summed E-state index contributed by atoms with van der Waals surface area (Å²) in [7, 11) is 0. The highest BCUT2D eigenvalue weighted by molar-refractivity contribution is 5.62. The molecule has 0 saturated carbocycles. The van der Waals surface area contributed by atoms with E-state index in [1.165, 1.54) is 89.9 Å². The van der Waals surface area contributed by atoms with Crippen LogP contribution in [0, 0.1) is 0 Å². The molecule has 1 rings (SSSR count). The van der Waals surface area contributed by atoms with Crippen molar-refractivity contribution in [2.75, 3.05) is 19.6 Å². The van der Waals surface area contributed by atoms with Crippen molar-refractivity contribution in [1.29, 1.82) is 0 Å². The van der Waals surface area contributed by atoms with Crippen molar-refractivity contribution in [3.63, 3.8) is 0 Å². The van der Waals surface area contributed by atoms with Crippen molar-refractivity contribution in [3.8, 4) is 0 Å². The topological polar surface area (TPSA) is 41.6 Å². The Kier molecular flexibility index (Phi) is 15.0. The van der Waals surface area contributed by atoms with Crippen LogP contribution in [0.4, 0.5) is 0 Å². The molecule has 0 saturated heterocycles. The van der Waals surface area contributed by atoms with Gasteiger partial charge in [0, 0.05) is 25.8 Å². The zero-order chi connectivity index (χ0) is 18.0. The first-order valence-corrected chi connectivity index (χ1v) is 11.0. The highest BCUT2D eigenvalue weighted by Crippen LogP contribution is 2.15. The first kappa shape index (κ1) is 22.4. The van der Waals surface area contributed by atoms with Crippen molar-refractivity contribution in [1.82, 2.24) is 4.90 Å². The Morgan fingerprint density at radius 2 is 1.52 bits per heavy atom. The minimum Gasteiger partial charge on any atom is -0.329 e. The maximum absolute atomic E-state index is 5.65. The number of aliphatic imine (C=N–C) groups is 1. The van der Waals surface area contributed by atoms with Gasteiger partial charge in [0.25, 0.3) is 0 Å². The minimum atomic E-state index is 0.398. The molecule has 0 bridgehead atoms. The summed E-state index contributed by atoms with van der Waals surface area (Å²) < 4.78 is 0. The molecule has 0 radical (unpaired) electrons.